The molecule has 8 nitrogen and oxygen atoms in total. The normalized spacial score (nSPS) is 11.5. The van der Waals surface area contributed by atoms with Gasteiger partial charge in [0.15, 0.2) is 5.03 Å². The number of thiocarbonyl (C=S) groups is 1. The van der Waals surface area contributed by atoms with E-state index in [2.05, 4.69) is 19.9 Å². The maximum Gasteiger partial charge on any atom is 0.282 e. The van der Waals surface area contributed by atoms with Gasteiger partial charge in [0.05, 0.1) is 11.8 Å². The minimum atomic E-state index is -3.81. The highest BCUT2D eigenvalue weighted by molar-refractivity contribution is 7.92. The molecule has 0 aliphatic rings. The molecule has 2 heterocycles. The van der Waals surface area contributed by atoms with Crippen molar-refractivity contribution in [2.45, 2.75) is 11.9 Å². The third kappa shape index (κ3) is 2.58. The lowest BCUT2D eigenvalue weighted by Crippen LogP contribution is -2.17. The summed E-state index contributed by atoms with van der Waals surface area (Å²) in [6, 6.07) is 0. The highest BCUT2D eigenvalue weighted by atomic mass is 32.2. The fraction of sp³-hybridized carbons (Fsp3) is 0.222. The number of nitrogens with one attached hydrogen (secondary N) is 2. The van der Waals surface area contributed by atoms with E-state index in [1.807, 2.05) is 0 Å². The summed E-state index contributed by atoms with van der Waals surface area (Å²) in [5.41, 5.74) is 5.79. The van der Waals surface area contributed by atoms with E-state index >= 15 is 0 Å². The second-order valence-electron chi connectivity index (χ2n) is 3.87. The van der Waals surface area contributed by atoms with E-state index in [-0.39, 0.29) is 15.8 Å². The van der Waals surface area contributed by atoms with Gasteiger partial charge in [0.25, 0.3) is 10.0 Å². The number of rotatable bonds is 4. The van der Waals surface area contributed by atoms with Gasteiger partial charge in [-0.15, -0.1) is 0 Å². The largest absolute Gasteiger partial charge is 0.389 e. The molecular formula is C9H12N6O2S2. The van der Waals surface area contributed by atoms with E-state index < -0.39 is 10.0 Å². The van der Waals surface area contributed by atoms with Crippen LogP contribution in [0.25, 0.3) is 0 Å². The van der Waals surface area contributed by atoms with Crippen LogP contribution in [0.15, 0.2) is 17.4 Å². The molecule has 0 radical (unpaired) electrons. The van der Waals surface area contributed by atoms with Gasteiger partial charge in [0.1, 0.15) is 16.6 Å². The molecule has 0 fully saturated rings. The monoisotopic (exact) mass is 300 g/mol. The maximum atomic E-state index is 12.1. The molecule has 102 valence electrons. The lowest BCUT2D eigenvalue weighted by molar-refractivity contribution is 0.597. The highest BCUT2D eigenvalue weighted by Crippen LogP contribution is 2.16. The third-order valence-corrected chi connectivity index (χ3v) is 3.94. The smallest absolute Gasteiger partial charge is 0.282 e. The van der Waals surface area contributed by atoms with E-state index in [0.717, 1.165) is 0 Å². The number of imidazole rings is 1. The van der Waals surface area contributed by atoms with Crippen molar-refractivity contribution in [2.24, 2.45) is 12.8 Å². The first-order valence-corrected chi connectivity index (χ1v) is 7.06. The summed E-state index contributed by atoms with van der Waals surface area (Å²) in [6.45, 7) is 1.70. The van der Waals surface area contributed by atoms with Crippen LogP contribution in [-0.4, -0.2) is 33.2 Å². The predicted octanol–water partition coefficient (Wildman–Crippen LogP) is -0.113. The van der Waals surface area contributed by atoms with E-state index in [1.165, 1.54) is 12.4 Å². The van der Waals surface area contributed by atoms with Crippen LogP contribution >= 0.6 is 12.2 Å². The van der Waals surface area contributed by atoms with Gasteiger partial charge in [0.2, 0.25) is 0 Å². The summed E-state index contributed by atoms with van der Waals surface area (Å²) in [4.78, 5) is 4.00. The van der Waals surface area contributed by atoms with Gasteiger partial charge in [-0.2, -0.15) is 13.5 Å². The van der Waals surface area contributed by atoms with Crippen LogP contribution < -0.4 is 10.5 Å². The van der Waals surface area contributed by atoms with Crippen molar-refractivity contribution in [2.75, 3.05) is 4.72 Å². The van der Waals surface area contributed by atoms with Crippen molar-refractivity contribution >= 4 is 33.0 Å². The van der Waals surface area contributed by atoms with Crippen molar-refractivity contribution < 1.29 is 8.42 Å². The maximum absolute atomic E-state index is 12.1. The Hall–Kier alpha value is -1.94. The first-order valence-electron chi connectivity index (χ1n) is 5.17. The quantitative estimate of drug-likeness (QED) is 0.678. The van der Waals surface area contributed by atoms with Crippen molar-refractivity contribution in [3.63, 3.8) is 0 Å². The van der Waals surface area contributed by atoms with E-state index in [0.29, 0.717) is 11.4 Å². The fourth-order valence-corrected chi connectivity index (χ4v) is 2.63. The Morgan fingerprint density at radius 2 is 2.26 bits per heavy atom. The summed E-state index contributed by atoms with van der Waals surface area (Å²) in [7, 11) is -2.10. The summed E-state index contributed by atoms with van der Waals surface area (Å²) in [5, 5.41) is 6.10. The van der Waals surface area contributed by atoms with Gasteiger partial charge in [-0.05, 0) is 6.92 Å². The molecule has 0 spiro atoms. The molecule has 2 rings (SSSR count). The number of H-pyrrole nitrogens is 1. The summed E-state index contributed by atoms with van der Waals surface area (Å²) in [5.74, 6) is 0.704. The molecule has 2 aromatic rings. The van der Waals surface area contributed by atoms with Gasteiger partial charge < -0.3 is 10.3 Å². The van der Waals surface area contributed by atoms with Gasteiger partial charge in [-0.3, -0.25) is 9.82 Å². The first kappa shape index (κ1) is 13.5. The molecule has 0 aliphatic carbocycles. The highest BCUT2D eigenvalue weighted by Gasteiger charge is 2.21. The molecule has 10 heteroatoms. The van der Waals surface area contributed by atoms with Crippen molar-refractivity contribution in [3.8, 4) is 0 Å². The Balaban J connectivity index is 2.36. The molecule has 0 aromatic carbocycles. The van der Waals surface area contributed by atoms with Gasteiger partial charge >= 0.3 is 0 Å². The minimum absolute atomic E-state index is 0.0450. The number of aromatic nitrogens is 4. The van der Waals surface area contributed by atoms with Crippen molar-refractivity contribution in [1.82, 2.24) is 19.7 Å². The van der Waals surface area contributed by atoms with Gasteiger partial charge in [0, 0.05) is 13.2 Å². The molecule has 19 heavy (non-hydrogen) atoms. The van der Waals surface area contributed by atoms with E-state index in [4.69, 9.17) is 18.0 Å². The number of hydrogen-bond donors (Lipinski definition) is 3. The van der Waals surface area contributed by atoms with Crippen LogP contribution in [-0.2, 0) is 17.1 Å². The Labute approximate surface area is 115 Å². The second-order valence-corrected chi connectivity index (χ2v) is 5.93. The second kappa shape index (κ2) is 4.63. The zero-order valence-corrected chi connectivity index (χ0v) is 11.8. The molecular weight excluding hydrogens is 288 g/mol. The Morgan fingerprint density at radius 3 is 2.79 bits per heavy atom. The molecule has 0 bridgehead atoms. The van der Waals surface area contributed by atoms with Crippen molar-refractivity contribution in [1.29, 1.82) is 0 Å². The number of nitrogens with zero attached hydrogens (tertiary/aromatic N) is 3. The lowest BCUT2D eigenvalue weighted by atomic mass is 10.3. The number of hydrogen-bond acceptors (Lipinski definition) is 5. The number of aromatic amines is 1. The van der Waals surface area contributed by atoms with Crippen LogP contribution in [0.2, 0.25) is 0 Å². The predicted molar refractivity (Wildman–Crippen MR) is 73.2 cm³/mol. The molecule has 0 saturated carbocycles. The van der Waals surface area contributed by atoms with E-state index in [9.17, 15) is 8.42 Å². The average Bonchev–Trinajstić information content (AvgIpc) is 2.87. The van der Waals surface area contributed by atoms with Crippen LogP contribution in [0.5, 0.6) is 0 Å². The molecule has 0 saturated heterocycles. The Bertz CT molecular complexity index is 710. The van der Waals surface area contributed by atoms with Crippen LogP contribution in [0.1, 0.15) is 11.4 Å². The minimum Gasteiger partial charge on any atom is -0.389 e. The fourth-order valence-electron chi connectivity index (χ4n) is 1.39. The topological polar surface area (TPSA) is 119 Å². The summed E-state index contributed by atoms with van der Waals surface area (Å²) < 4.78 is 28.2. The van der Waals surface area contributed by atoms with Gasteiger partial charge in [-0.25, -0.2) is 4.98 Å². The van der Waals surface area contributed by atoms with Crippen LogP contribution in [0.3, 0.4) is 0 Å². The van der Waals surface area contributed by atoms with Crippen molar-refractivity contribution in [3.05, 3.63) is 23.8 Å². The molecule has 0 unspecified atom stereocenters. The zero-order chi connectivity index (χ0) is 14.2. The number of nitrogens with two attached hydrogens (primary N) is 1. The van der Waals surface area contributed by atoms with E-state index in [1.54, 1.807) is 18.5 Å². The Morgan fingerprint density at radius 1 is 1.58 bits per heavy atom. The molecule has 4 N–H and O–H groups in total. The molecule has 0 aliphatic heterocycles. The number of anilines is 1. The number of aryl methyl sites for hydroxylation is 2. The first-order chi connectivity index (χ1) is 8.81. The summed E-state index contributed by atoms with van der Waals surface area (Å²) >= 11 is 4.80. The number of sulfonamides is 1. The lowest BCUT2D eigenvalue weighted by Gasteiger charge is -2.04. The average molecular weight is 300 g/mol. The van der Waals surface area contributed by atoms with Crippen LogP contribution in [0.4, 0.5) is 5.82 Å². The summed E-state index contributed by atoms with van der Waals surface area (Å²) in [6.07, 6.45) is 2.76. The third-order valence-electron chi connectivity index (χ3n) is 2.50. The standard InChI is InChI=1S/C9H12N6O2S2/c1-5-12-7(4-15(5)2)19(16,17)14-9-6(8(10)18)3-11-13-9/h3-4H,1-2H3,(H2,10,18)(H2,11,13,14). The van der Waals surface area contributed by atoms with Crippen LogP contribution in [0, 0.1) is 6.92 Å². The van der Waals surface area contributed by atoms with Gasteiger partial charge in [-0.1, -0.05) is 12.2 Å². The SMILES string of the molecule is Cc1nc(S(=O)(=O)Nc2[nH]ncc2C(N)=S)cn1C. The molecule has 0 amide bonds. The Kier molecular flexibility index (Phi) is 3.28. The molecule has 0 atom stereocenters. The zero-order valence-electron chi connectivity index (χ0n) is 10.2. The molecule has 2 aromatic heterocycles.